The van der Waals surface area contributed by atoms with Gasteiger partial charge in [0.2, 0.25) is 0 Å². The highest BCUT2D eigenvalue weighted by Gasteiger charge is 2.47. The molecule has 0 saturated carbocycles. The smallest absolute Gasteiger partial charge is 0.180 e. The van der Waals surface area contributed by atoms with Gasteiger partial charge >= 0.3 is 0 Å². The molecule has 0 amide bonds. The summed E-state index contributed by atoms with van der Waals surface area (Å²) in [5, 5.41) is 12.1. The van der Waals surface area contributed by atoms with Crippen LogP contribution < -0.4 is 4.74 Å². The minimum atomic E-state index is -3.65. The minimum Gasteiger partial charge on any atom is -0.496 e. The molecule has 1 N–H and O–H groups in total. The Morgan fingerprint density at radius 2 is 2.16 bits per heavy atom. The van der Waals surface area contributed by atoms with Crippen LogP contribution in [0.5, 0.6) is 5.75 Å². The summed E-state index contributed by atoms with van der Waals surface area (Å²) in [7, 11) is -2.18. The van der Waals surface area contributed by atoms with E-state index < -0.39 is 21.4 Å². The Morgan fingerprint density at radius 3 is 2.68 bits per heavy atom. The molecule has 1 aromatic rings. The van der Waals surface area contributed by atoms with Crippen LogP contribution in [0.15, 0.2) is 21.5 Å². The summed E-state index contributed by atoms with van der Waals surface area (Å²) in [5.74, 6) is 2.81. The average Bonchev–Trinajstić information content (AvgIpc) is 2.64. The minimum absolute atomic E-state index is 0.126. The van der Waals surface area contributed by atoms with E-state index in [1.807, 2.05) is 13.8 Å². The summed E-state index contributed by atoms with van der Waals surface area (Å²) in [5.41, 5.74) is -0.519. The van der Waals surface area contributed by atoms with Crippen molar-refractivity contribution in [3.05, 3.63) is 22.2 Å². The number of hydroxylamine groups is 2. The molecule has 0 fully saturated rings. The third-order valence-electron chi connectivity index (χ3n) is 4.91. The molecule has 0 aliphatic carbocycles. The van der Waals surface area contributed by atoms with E-state index in [9.17, 15) is 13.6 Å². The van der Waals surface area contributed by atoms with Crippen LogP contribution in [0.2, 0.25) is 0 Å². The maximum Gasteiger partial charge on any atom is 0.180 e. The van der Waals surface area contributed by atoms with E-state index in [-0.39, 0.29) is 10.6 Å². The maximum absolute atomic E-state index is 13.1. The van der Waals surface area contributed by atoms with Crippen molar-refractivity contribution in [3.63, 3.8) is 0 Å². The molecule has 5 nitrogen and oxygen atoms in total. The summed E-state index contributed by atoms with van der Waals surface area (Å²) < 4.78 is 32.1. The molecule has 25 heavy (non-hydrogen) atoms. The summed E-state index contributed by atoms with van der Waals surface area (Å²) >= 11 is 3.37. The molecule has 0 saturated heterocycles. The lowest BCUT2D eigenvalue weighted by molar-refractivity contribution is -0.189. The highest BCUT2D eigenvalue weighted by molar-refractivity contribution is 9.10. The quantitative estimate of drug-likeness (QED) is 0.717. The number of terminal acetylenes is 1. The SMILES string of the molecule is C#CC1c2cc(Br)c(OC)cc2S(=O)(=O)CC(CC)(CCCC)N1O. The van der Waals surface area contributed by atoms with Crippen LogP contribution in [0.3, 0.4) is 0 Å². The number of methoxy groups -OCH3 is 1. The highest BCUT2D eigenvalue weighted by Crippen LogP contribution is 2.43. The number of benzene rings is 1. The van der Waals surface area contributed by atoms with Crippen LogP contribution >= 0.6 is 15.9 Å². The lowest BCUT2D eigenvalue weighted by atomic mass is 9.89. The third-order valence-corrected chi connectivity index (χ3v) is 7.48. The summed E-state index contributed by atoms with van der Waals surface area (Å²) in [6.45, 7) is 3.92. The fraction of sp³-hybridized carbons (Fsp3) is 0.556. The molecule has 2 unspecified atom stereocenters. The van der Waals surface area contributed by atoms with E-state index in [0.717, 1.165) is 17.9 Å². The van der Waals surface area contributed by atoms with Crippen molar-refractivity contribution in [2.24, 2.45) is 0 Å². The standard InChI is InChI=1S/C18H24BrNO4S/c1-5-8-9-18(7-3)12-25(22,23)17-11-16(24-4)14(19)10-13(17)15(6-2)20(18)21/h2,10-11,15,21H,5,7-9,12H2,1,3-4H3. The zero-order valence-corrected chi connectivity index (χ0v) is 17.2. The third kappa shape index (κ3) is 3.59. The lowest BCUT2D eigenvalue weighted by Gasteiger charge is -2.40. The van der Waals surface area contributed by atoms with Crippen molar-refractivity contribution in [1.82, 2.24) is 5.06 Å². The van der Waals surface area contributed by atoms with E-state index in [1.54, 1.807) is 6.07 Å². The Bertz CT molecular complexity index is 787. The number of ether oxygens (including phenoxy) is 1. The van der Waals surface area contributed by atoms with E-state index in [2.05, 4.69) is 21.9 Å². The van der Waals surface area contributed by atoms with Crippen LogP contribution in [-0.4, -0.2) is 37.1 Å². The van der Waals surface area contributed by atoms with Crippen molar-refractivity contribution in [1.29, 1.82) is 0 Å². The van der Waals surface area contributed by atoms with Gasteiger partial charge in [0.05, 0.1) is 27.8 Å². The topological polar surface area (TPSA) is 66.8 Å². The van der Waals surface area contributed by atoms with Gasteiger partial charge < -0.3 is 9.94 Å². The molecule has 1 heterocycles. The van der Waals surface area contributed by atoms with Crippen LogP contribution in [0.25, 0.3) is 0 Å². The number of unbranched alkanes of at least 4 members (excludes halogenated alkanes) is 1. The molecule has 1 aliphatic heterocycles. The summed E-state index contributed by atoms with van der Waals surface area (Å²) in [4.78, 5) is 0.126. The van der Waals surface area contributed by atoms with Crippen molar-refractivity contribution in [2.75, 3.05) is 12.9 Å². The molecule has 0 aromatic heterocycles. The first kappa shape index (κ1) is 20.2. The van der Waals surface area contributed by atoms with Crippen LogP contribution in [-0.2, 0) is 9.84 Å². The Labute approximate surface area is 158 Å². The second-order valence-electron chi connectivity index (χ2n) is 6.38. The van der Waals surface area contributed by atoms with Gasteiger partial charge in [-0.15, -0.1) is 6.42 Å². The Balaban J connectivity index is 2.74. The average molecular weight is 430 g/mol. The van der Waals surface area contributed by atoms with Crippen LogP contribution in [0.4, 0.5) is 0 Å². The zero-order valence-electron chi connectivity index (χ0n) is 14.8. The molecule has 138 valence electrons. The first-order valence-electron chi connectivity index (χ1n) is 8.30. The molecule has 0 bridgehead atoms. The zero-order chi connectivity index (χ0) is 18.8. The number of halogens is 1. The normalized spacial score (nSPS) is 25.7. The predicted octanol–water partition coefficient (Wildman–Crippen LogP) is 3.95. The largest absolute Gasteiger partial charge is 0.496 e. The van der Waals surface area contributed by atoms with Crippen molar-refractivity contribution in [3.8, 4) is 18.1 Å². The molecule has 1 aromatic carbocycles. The molecule has 1 aliphatic rings. The first-order valence-corrected chi connectivity index (χ1v) is 10.8. The number of nitrogens with zero attached hydrogens (tertiary/aromatic N) is 1. The van der Waals surface area contributed by atoms with Gasteiger partial charge in [0.15, 0.2) is 9.84 Å². The van der Waals surface area contributed by atoms with Gasteiger partial charge in [0.1, 0.15) is 11.8 Å². The van der Waals surface area contributed by atoms with Gasteiger partial charge in [0.25, 0.3) is 0 Å². The van der Waals surface area contributed by atoms with E-state index in [1.165, 1.54) is 13.2 Å². The van der Waals surface area contributed by atoms with Gasteiger partial charge in [-0.3, -0.25) is 0 Å². The number of sulfone groups is 1. The fourth-order valence-corrected chi connectivity index (χ4v) is 6.07. The van der Waals surface area contributed by atoms with Gasteiger partial charge in [-0.2, -0.15) is 5.06 Å². The summed E-state index contributed by atoms with van der Waals surface area (Å²) in [6.07, 6.45) is 8.45. The molecular weight excluding hydrogens is 406 g/mol. The van der Waals surface area contributed by atoms with Gasteiger partial charge in [-0.25, -0.2) is 8.42 Å². The first-order chi connectivity index (χ1) is 11.8. The van der Waals surface area contributed by atoms with Crippen LogP contribution in [0.1, 0.15) is 51.1 Å². The number of hydrogen-bond acceptors (Lipinski definition) is 5. The van der Waals surface area contributed by atoms with E-state index >= 15 is 0 Å². The number of fused-ring (bicyclic) bond motifs is 1. The second kappa shape index (κ2) is 7.67. The number of rotatable bonds is 5. The summed E-state index contributed by atoms with van der Waals surface area (Å²) in [6, 6.07) is 2.27. The molecule has 2 atom stereocenters. The van der Waals surface area contributed by atoms with Gasteiger partial charge in [-0.1, -0.05) is 32.6 Å². The Hall–Kier alpha value is -1.07. The van der Waals surface area contributed by atoms with Crippen molar-refractivity contribution < 1.29 is 18.4 Å². The Kier molecular flexibility index (Phi) is 6.21. The van der Waals surface area contributed by atoms with Gasteiger partial charge in [-0.05, 0) is 34.8 Å². The molecule has 0 radical (unpaired) electrons. The second-order valence-corrected chi connectivity index (χ2v) is 9.19. The highest BCUT2D eigenvalue weighted by atomic mass is 79.9. The monoisotopic (exact) mass is 429 g/mol. The van der Waals surface area contributed by atoms with Crippen molar-refractivity contribution in [2.45, 2.75) is 56.0 Å². The van der Waals surface area contributed by atoms with Gasteiger partial charge in [0, 0.05) is 11.6 Å². The molecular formula is C18H24BrNO4S. The van der Waals surface area contributed by atoms with Crippen LogP contribution in [0, 0.1) is 12.3 Å². The molecule has 2 rings (SSSR count). The van der Waals surface area contributed by atoms with E-state index in [0.29, 0.717) is 28.6 Å². The van der Waals surface area contributed by atoms with Crippen molar-refractivity contribution >= 4 is 25.8 Å². The predicted molar refractivity (Wildman–Crippen MR) is 100 cm³/mol. The number of hydrogen-bond donors (Lipinski definition) is 1. The lowest BCUT2D eigenvalue weighted by Crippen LogP contribution is -2.51. The molecule has 0 spiro atoms. The maximum atomic E-state index is 13.1. The fourth-order valence-electron chi connectivity index (χ4n) is 3.39. The van der Waals surface area contributed by atoms with E-state index in [4.69, 9.17) is 11.2 Å². The Morgan fingerprint density at radius 1 is 1.48 bits per heavy atom. The molecule has 7 heteroatoms.